The standard InChI is InChI=1S/C14H24N2O2/c1-4-14(5-2)13(18)16(9-11-7-6-8-11)10(3)12(17)15-14/h10-11H,4-9H2,1-3H3,(H,15,17). The van der Waals surface area contributed by atoms with Crippen LogP contribution in [0.1, 0.15) is 52.9 Å². The van der Waals surface area contributed by atoms with Crippen LogP contribution in [-0.2, 0) is 9.59 Å². The molecule has 0 bridgehead atoms. The summed E-state index contributed by atoms with van der Waals surface area (Å²) in [6.45, 7) is 6.54. The first-order chi connectivity index (χ1) is 8.54. The number of hydrogen-bond donors (Lipinski definition) is 1. The second-order valence-electron chi connectivity index (χ2n) is 5.71. The molecule has 2 amide bonds. The van der Waals surface area contributed by atoms with E-state index in [9.17, 15) is 9.59 Å². The van der Waals surface area contributed by atoms with E-state index in [1.807, 2.05) is 25.7 Å². The number of carbonyl (C=O) groups excluding carboxylic acids is 2. The molecule has 0 aromatic carbocycles. The zero-order valence-corrected chi connectivity index (χ0v) is 11.7. The molecule has 1 aliphatic carbocycles. The van der Waals surface area contributed by atoms with Crippen LogP contribution in [0.5, 0.6) is 0 Å². The van der Waals surface area contributed by atoms with E-state index in [1.165, 1.54) is 19.3 Å². The minimum atomic E-state index is -0.659. The first-order valence-electron chi connectivity index (χ1n) is 7.17. The van der Waals surface area contributed by atoms with Gasteiger partial charge in [-0.05, 0) is 38.5 Å². The van der Waals surface area contributed by atoms with E-state index in [4.69, 9.17) is 0 Å². The summed E-state index contributed by atoms with van der Waals surface area (Å²) in [6.07, 6.45) is 5.00. The van der Waals surface area contributed by atoms with Gasteiger partial charge in [-0.25, -0.2) is 0 Å². The normalized spacial score (nSPS) is 27.9. The van der Waals surface area contributed by atoms with E-state index in [-0.39, 0.29) is 17.9 Å². The lowest BCUT2D eigenvalue weighted by molar-refractivity contribution is -0.156. The van der Waals surface area contributed by atoms with Crippen molar-refractivity contribution >= 4 is 11.8 Å². The lowest BCUT2D eigenvalue weighted by Gasteiger charge is -2.46. The largest absolute Gasteiger partial charge is 0.340 e. The summed E-state index contributed by atoms with van der Waals surface area (Å²) in [5, 5.41) is 2.94. The molecule has 102 valence electrons. The summed E-state index contributed by atoms with van der Waals surface area (Å²) in [5.41, 5.74) is -0.659. The number of carbonyl (C=O) groups is 2. The highest BCUT2D eigenvalue weighted by Crippen LogP contribution is 2.31. The van der Waals surface area contributed by atoms with Gasteiger partial charge >= 0.3 is 0 Å². The second-order valence-corrected chi connectivity index (χ2v) is 5.71. The molecule has 18 heavy (non-hydrogen) atoms. The minimum Gasteiger partial charge on any atom is -0.340 e. The molecule has 1 aliphatic heterocycles. The molecular weight excluding hydrogens is 228 g/mol. The van der Waals surface area contributed by atoms with E-state index in [2.05, 4.69) is 5.32 Å². The molecule has 2 rings (SSSR count). The fourth-order valence-corrected chi connectivity index (χ4v) is 2.91. The smallest absolute Gasteiger partial charge is 0.248 e. The summed E-state index contributed by atoms with van der Waals surface area (Å²) in [7, 11) is 0. The topological polar surface area (TPSA) is 49.4 Å². The molecule has 1 N–H and O–H groups in total. The molecule has 0 aromatic rings. The van der Waals surface area contributed by atoms with Crippen molar-refractivity contribution in [2.75, 3.05) is 6.54 Å². The first kappa shape index (κ1) is 13.4. The monoisotopic (exact) mass is 252 g/mol. The van der Waals surface area contributed by atoms with Crippen LogP contribution < -0.4 is 5.32 Å². The Morgan fingerprint density at radius 1 is 1.28 bits per heavy atom. The third-order valence-electron chi connectivity index (χ3n) is 4.77. The van der Waals surface area contributed by atoms with Gasteiger partial charge in [0.1, 0.15) is 11.6 Å². The molecule has 2 aliphatic rings. The molecule has 2 fully saturated rings. The molecule has 0 spiro atoms. The maximum atomic E-state index is 12.7. The highest BCUT2D eigenvalue weighted by molar-refractivity contribution is 5.99. The molecular formula is C14H24N2O2. The Hall–Kier alpha value is -1.06. The van der Waals surface area contributed by atoms with E-state index >= 15 is 0 Å². The lowest BCUT2D eigenvalue weighted by atomic mass is 9.82. The van der Waals surface area contributed by atoms with Crippen molar-refractivity contribution in [2.45, 2.75) is 64.5 Å². The molecule has 4 nitrogen and oxygen atoms in total. The predicted molar refractivity (Wildman–Crippen MR) is 70.0 cm³/mol. The second kappa shape index (κ2) is 4.90. The van der Waals surface area contributed by atoms with Crippen LogP contribution >= 0.6 is 0 Å². The number of piperazine rings is 1. The molecule has 1 saturated heterocycles. The van der Waals surface area contributed by atoms with Crippen LogP contribution in [0.3, 0.4) is 0 Å². The van der Waals surface area contributed by atoms with Gasteiger partial charge in [0.2, 0.25) is 11.8 Å². The van der Waals surface area contributed by atoms with Gasteiger partial charge in [-0.1, -0.05) is 20.3 Å². The Labute approximate surface area is 109 Å². The predicted octanol–water partition coefficient (Wildman–Crippen LogP) is 1.69. The van der Waals surface area contributed by atoms with Gasteiger partial charge in [0.25, 0.3) is 0 Å². The van der Waals surface area contributed by atoms with Gasteiger partial charge in [-0.3, -0.25) is 9.59 Å². The van der Waals surface area contributed by atoms with Crippen LogP contribution in [0.4, 0.5) is 0 Å². The van der Waals surface area contributed by atoms with Gasteiger partial charge in [0.05, 0.1) is 0 Å². The van der Waals surface area contributed by atoms with Crippen molar-refractivity contribution in [1.29, 1.82) is 0 Å². The Morgan fingerprint density at radius 2 is 1.89 bits per heavy atom. The van der Waals surface area contributed by atoms with Crippen molar-refractivity contribution in [3.05, 3.63) is 0 Å². The van der Waals surface area contributed by atoms with Crippen LogP contribution in [0.25, 0.3) is 0 Å². The Kier molecular flexibility index (Phi) is 3.64. The van der Waals surface area contributed by atoms with Crippen molar-refractivity contribution in [2.24, 2.45) is 5.92 Å². The van der Waals surface area contributed by atoms with Gasteiger partial charge in [0, 0.05) is 6.54 Å². The molecule has 1 heterocycles. The van der Waals surface area contributed by atoms with Crippen molar-refractivity contribution in [1.82, 2.24) is 10.2 Å². The molecule has 0 radical (unpaired) electrons. The zero-order valence-electron chi connectivity index (χ0n) is 11.7. The number of rotatable bonds is 4. The molecule has 0 aromatic heterocycles. The number of hydrogen-bond acceptors (Lipinski definition) is 2. The van der Waals surface area contributed by atoms with E-state index < -0.39 is 5.54 Å². The summed E-state index contributed by atoms with van der Waals surface area (Å²) in [4.78, 5) is 26.5. The SMILES string of the molecule is CCC1(CC)NC(=O)C(C)N(CC2CCC2)C1=O. The maximum absolute atomic E-state index is 12.7. The first-order valence-corrected chi connectivity index (χ1v) is 7.17. The Morgan fingerprint density at radius 3 is 2.33 bits per heavy atom. The summed E-state index contributed by atoms with van der Waals surface area (Å²) in [6, 6.07) is -0.315. The van der Waals surface area contributed by atoms with Crippen LogP contribution in [0.2, 0.25) is 0 Å². The molecule has 1 atom stereocenters. The van der Waals surface area contributed by atoms with Crippen LogP contribution in [0, 0.1) is 5.92 Å². The van der Waals surface area contributed by atoms with Gasteiger partial charge in [-0.15, -0.1) is 0 Å². The zero-order chi connectivity index (χ0) is 13.3. The van der Waals surface area contributed by atoms with Crippen molar-refractivity contribution < 1.29 is 9.59 Å². The highest BCUT2D eigenvalue weighted by Gasteiger charge is 2.47. The summed E-state index contributed by atoms with van der Waals surface area (Å²) >= 11 is 0. The Balaban J connectivity index is 2.18. The minimum absolute atomic E-state index is 0.00220. The fourth-order valence-electron chi connectivity index (χ4n) is 2.91. The third kappa shape index (κ3) is 2.02. The average molecular weight is 252 g/mol. The molecule has 1 unspecified atom stereocenters. The maximum Gasteiger partial charge on any atom is 0.248 e. The summed E-state index contributed by atoms with van der Waals surface area (Å²) < 4.78 is 0. The average Bonchev–Trinajstić information content (AvgIpc) is 2.32. The van der Waals surface area contributed by atoms with Gasteiger partial charge < -0.3 is 10.2 Å². The Bertz CT molecular complexity index is 346. The van der Waals surface area contributed by atoms with Crippen LogP contribution in [-0.4, -0.2) is 34.8 Å². The van der Waals surface area contributed by atoms with Crippen LogP contribution in [0.15, 0.2) is 0 Å². The quantitative estimate of drug-likeness (QED) is 0.827. The number of amides is 2. The lowest BCUT2D eigenvalue weighted by Crippen LogP contribution is -2.69. The number of nitrogens with one attached hydrogen (secondary N) is 1. The number of nitrogens with zero attached hydrogens (tertiary/aromatic N) is 1. The summed E-state index contributed by atoms with van der Waals surface area (Å²) in [5.74, 6) is 0.720. The molecule has 4 heteroatoms. The van der Waals surface area contributed by atoms with E-state index in [0.717, 1.165) is 6.54 Å². The van der Waals surface area contributed by atoms with Gasteiger partial charge in [0.15, 0.2) is 0 Å². The molecule has 1 saturated carbocycles. The fraction of sp³-hybridized carbons (Fsp3) is 0.857. The van der Waals surface area contributed by atoms with Crippen molar-refractivity contribution in [3.63, 3.8) is 0 Å². The van der Waals surface area contributed by atoms with E-state index in [1.54, 1.807) is 0 Å². The van der Waals surface area contributed by atoms with E-state index in [0.29, 0.717) is 18.8 Å². The van der Waals surface area contributed by atoms with Crippen molar-refractivity contribution in [3.8, 4) is 0 Å². The highest BCUT2D eigenvalue weighted by atomic mass is 16.2. The van der Waals surface area contributed by atoms with Gasteiger partial charge in [-0.2, -0.15) is 0 Å². The third-order valence-corrected chi connectivity index (χ3v) is 4.77.